The van der Waals surface area contributed by atoms with Gasteiger partial charge in [-0.1, -0.05) is 50.6 Å². The number of carbonyl (C=O) groups is 3. The summed E-state index contributed by atoms with van der Waals surface area (Å²) in [7, 11) is 0. The fourth-order valence-corrected chi connectivity index (χ4v) is 2.73. The molecule has 0 spiro atoms. The third-order valence-electron chi connectivity index (χ3n) is 4.42. The summed E-state index contributed by atoms with van der Waals surface area (Å²) in [6, 6.07) is 15.6. The molecule has 0 saturated carbocycles. The average molecular weight is 368 g/mol. The first-order valence-electron chi connectivity index (χ1n) is 8.83. The molecule has 0 unspecified atom stereocenters. The van der Waals surface area contributed by atoms with Crippen LogP contribution in [0.25, 0.3) is 0 Å². The Hall–Kier alpha value is -3.15. The van der Waals surface area contributed by atoms with Crippen molar-refractivity contribution in [2.75, 3.05) is 11.9 Å². The first kappa shape index (κ1) is 20.2. The highest BCUT2D eigenvalue weighted by atomic mass is 16.5. The Labute approximate surface area is 158 Å². The first-order chi connectivity index (χ1) is 12.9. The second-order valence-corrected chi connectivity index (χ2v) is 6.37. The highest BCUT2D eigenvalue weighted by Crippen LogP contribution is 2.28. The van der Waals surface area contributed by atoms with E-state index in [1.165, 1.54) is 12.1 Å². The van der Waals surface area contributed by atoms with Crippen molar-refractivity contribution in [3.05, 3.63) is 65.7 Å². The molecule has 2 amide bonds. The number of hydrogen-bond acceptors (Lipinski definition) is 4. The Morgan fingerprint density at radius 3 is 2.22 bits per heavy atom. The molecule has 6 nitrogen and oxygen atoms in total. The van der Waals surface area contributed by atoms with Crippen LogP contribution in [0, 0.1) is 5.92 Å². The van der Waals surface area contributed by atoms with E-state index in [-0.39, 0.29) is 12.5 Å². The maximum atomic E-state index is 12.6. The lowest BCUT2D eigenvalue weighted by Gasteiger charge is -2.21. The fraction of sp³-hybridized carbons (Fsp3) is 0.286. The van der Waals surface area contributed by atoms with Gasteiger partial charge in [-0.05, 0) is 35.7 Å². The normalized spacial score (nSPS) is 12.7. The number of benzene rings is 2. The topological polar surface area (TPSA) is 98.5 Å². The van der Waals surface area contributed by atoms with Crippen molar-refractivity contribution in [3.63, 3.8) is 0 Å². The summed E-state index contributed by atoms with van der Waals surface area (Å²) < 4.78 is 5.25. The van der Waals surface area contributed by atoms with E-state index in [1.54, 1.807) is 12.1 Å². The number of anilines is 1. The van der Waals surface area contributed by atoms with Gasteiger partial charge in [0.1, 0.15) is 0 Å². The Morgan fingerprint density at radius 1 is 1.04 bits per heavy atom. The van der Waals surface area contributed by atoms with Crippen LogP contribution < -0.4 is 11.1 Å². The number of carbonyl (C=O) groups excluding carboxylic acids is 3. The molecule has 27 heavy (non-hydrogen) atoms. The monoisotopic (exact) mass is 368 g/mol. The first-order valence-corrected chi connectivity index (χ1v) is 8.83. The zero-order chi connectivity index (χ0) is 19.8. The number of amides is 2. The molecule has 2 atom stereocenters. The number of esters is 1. The number of hydrogen-bond donors (Lipinski definition) is 2. The largest absolute Gasteiger partial charge is 0.455 e. The molecular weight excluding hydrogens is 344 g/mol. The average Bonchev–Trinajstić information content (AvgIpc) is 2.67. The highest BCUT2D eigenvalue weighted by Gasteiger charge is 2.27. The predicted molar refractivity (Wildman–Crippen MR) is 103 cm³/mol. The molecule has 2 rings (SSSR count). The molecule has 0 fully saturated rings. The molecule has 0 aromatic heterocycles. The van der Waals surface area contributed by atoms with Crippen molar-refractivity contribution in [1.29, 1.82) is 0 Å². The van der Waals surface area contributed by atoms with Crippen molar-refractivity contribution < 1.29 is 19.1 Å². The van der Waals surface area contributed by atoms with Gasteiger partial charge in [0.05, 0.1) is 5.92 Å². The minimum atomic E-state index is -0.543. The quantitative estimate of drug-likeness (QED) is 0.700. The van der Waals surface area contributed by atoms with Gasteiger partial charge in [0.15, 0.2) is 6.61 Å². The number of primary amides is 1. The molecule has 0 saturated heterocycles. The van der Waals surface area contributed by atoms with E-state index in [1.807, 2.05) is 44.2 Å². The lowest BCUT2D eigenvalue weighted by atomic mass is 9.86. The molecule has 2 aromatic carbocycles. The Morgan fingerprint density at radius 2 is 1.67 bits per heavy atom. The molecule has 0 bridgehead atoms. The van der Waals surface area contributed by atoms with E-state index in [0.717, 1.165) is 12.0 Å². The van der Waals surface area contributed by atoms with Crippen molar-refractivity contribution in [3.8, 4) is 0 Å². The Kier molecular flexibility index (Phi) is 7.11. The van der Waals surface area contributed by atoms with Gasteiger partial charge in [0.2, 0.25) is 5.91 Å². The van der Waals surface area contributed by atoms with Crippen LogP contribution in [0.2, 0.25) is 0 Å². The number of rotatable bonds is 8. The van der Waals surface area contributed by atoms with Crippen molar-refractivity contribution in [1.82, 2.24) is 0 Å². The van der Waals surface area contributed by atoms with Crippen molar-refractivity contribution in [2.24, 2.45) is 11.7 Å². The number of nitrogens with two attached hydrogens (primary N) is 1. The second-order valence-electron chi connectivity index (χ2n) is 6.37. The SMILES string of the molecule is CC[C@@H](C)[C@H](C(=O)OCC(=O)Nc1ccc(C(N)=O)cc1)c1ccccc1. The minimum absolute atomic E-state index is 0.0873. The summed E-state index contributed by atoms with van der Waals surface area (Å²) >= 11 is 0. The van der Waals surface area contributed by atoms with Crippen LogP contribution in [-0.2, 0) is 14.3 Å². The fourth-order valence-electron chi connectivity index (χ4n) is 2.73. The molecule has 2 aromatic rings. The zero-order valence-electron chi connectivity index (χ0n) is 15.5. The summed E-state index contributed by atoms with van der Waals surface area (Å²) in [5, 5.41) is 2.62. The van der Waals surface area contributed by atoms with Crippen LogP contribution in [0.3, 0.4) is 0 Å². The predicted octanol–water partition coefficient (Wildman–Crippen LogP) is 3.10. The molecule has 0 radical (unpaired) electrons. The van der Waals surface area contributed by atoms with Gasteiger partial charge >= 0.3 is 5.97 Å². The van der Waals surface area contributed by atoms with E-state index in [4.69, 9.17) is 10.5 Å². The molecule has 0 aliphatic heterocycles. The van der Waals surface area contributed by atoms with Gasteiger partial charge < -0.3 is 15.8 Å². The van der Waals surface area contributed by atoms with Gasteiger partial charge in [0, 0.05) is 11.3 Å². The van der Waals surface area contributed by atoms with Gasteiger partial charge in [-0.15, -0.1) is 0 Å². The standard InChI is InChI=1S/C21H24N2O4/c1-3-14(2)19(15-7-5-4-6-8-15)21(26)27-13-18(24)23-17-11-9-16(10-12-17)20(22)25/h4-12,14,19H,3,13H2,1-2H3,(H2,22,25)(H,23,24)/t14-,19+/m1/s1. The lowest BCUT2D eigenvalue weighted by molar-refractivity contribution is -0.150. The zero-order valence-corrected chi connectivity index (χ0v) is 15.5. The second kappa shape index (κ2) is 9.52. The van der Waals surface area contributed by atoms with Crippen molar-refractivity contribution >= 4 is 23.5 Å². The highest BCUT2D eigenvalue weighted by molar-refractivity contribution is 5.95. The summed E-state index contributed by atoms with van der Waals surface area (Å²) in [6.45, 7) is 3.62. The summed E-state index contributed by atoms with van der Waals surface area (Å²) in [6.07, 6.45) is 0.813. The maximum Gasteiger partial charge on any atom is 0.314 e. The van der Waals surface area contributed by atoms with E-state index in [2.05, 4.69) is 5.32 Å². The van der Waals surface area contributed by atoms with E-state index in [9.17, 15) is 14.4 Å². The van der Waals surface area contributed by atoms with E-state index in [0.29, 0.717) is 11.3 Å². The molecular formula is C21H24N2O4. The van der Waals surface area contributed by atoms with Gasteiger partial charge in [-0.25, -0.2) is 0 Å². The molecule has 6 heteroatoms. The Balaban J connectivity index is 1.95. The van der Waals surface area contributed by atoms with Gasteiger partial charge in [-0.3, -0.25) is 14.4 Å². The summed E-state index contributed by atoms with van der Waals surface area (Å²) in [5.41, 5.74) is 6.88. The van der Waals surface area contributed by atoms with Crippen molar-refractivity contribution in [2.45, 2.75) is 26.2 Å². The van der Waals surface area contributed by atoms with E-state index < -0.39 is 23.7 Å². The van der Waals surface area contributed by atoms with Crippen LogP contribution in [0.15, 0.2) is 54.6 Å². The molecule has 0 aliphatic rings. The van der Waals surface area contributed by atoms with Crippen LogP contribution >= 0.6 is 0 Å². The Bertz CT molecular complexity index is 788. The third-order valence-corrected chi connectivity index (χ3v) is 4.42. The molecule has 142 valence electrons. The summed E-state index contributed by atoms with van der Waals surface area (Å²) in [5.74, 6) is -1.75. The molecule has 0 aliphatic carbocycles. The summed E-state index contributed by atoms with van der Waals surface area (Å²) in [4.78, 5) is 35.7. The molecule has 3 N–H and O–H groups in total. The lowest BCUT2D eigenvalue weighted by Crippen LogP contribution is -2.27. The number of ether oxygens (including phenoxy) is 1. The minimum Gasteiger partial charge on any atom is -0.455 e. The van der Waals surface area contributed by atoms with E-state index >= 15 is 0 Å². The van der Waals surface area contributed by atoms with Crippen LogP contribution in [-0.4, -0.2) is 24.4 Å². The van der Waals surface area contributed by atoms with Crippen LogP contribution in [0.5, 0.6) is 0 Å². The maximum absolute atomic E-state index is 12.6. The molecule has 0 heterocycles. The smallest absolute Gasteiger partial charge is 0.314 e. The van der Waals surface area contributed by atoms with Crippen LogP contribution in [0.1, 0.15) is 42.1 Å². The van der Waals surface area contributed by atoms with Crippen LogP contribution in [0.4, 0.5) is 5.69 Å². The number of nitrogens with one attached hydrogen (secondary N) is 1. The van der Waals surface area contributed by atoms with Gasteiger partial charge in [0.25, 0.3) is 5.91 Å². The third kappa shape index (κ3) is 5.67. The van der Waals surface area contributed by atoms with Gasteiger partial charge in [-0.2, -0.15) is 0 Å².